The molecule has 0 aliphatic heterocycles. The first-order valence-electron chi connectivity index (χ1n) is 8.18. The maximum absolute atomic E-state index is 14.0. The maximum Gasteiger partial charge on any atom is 0.416 e. The minimum absolute atomic E-state index is 0.0790. The molecule has 30 heavy (non-hydrogen) atoms. The van der Waals surface area contributed by atoms with Crippen LogP contribution in [0.1, 0.15) is 11.1 Å². The van der Waals surface area contributed by atoms with Crippen molar-refractivity contribution < 1.29 is 31.5 Å². The number of amides is 2. The van der Waals surface area contributed by atoms with E-state index in [4.69, 9.17) is 5.73 Å². The summed E-state index contributed by atoms with van der Waals surface area (Å²) in [5.74, 6) is -5.23. The number of carbonyl (C=O) groups excluding carboxylic acids is 2. The van der Waals surface area contributed by atoms with Gasteiger partial charge in [-0.2, -0.15) is 18.3 Å². The van der Waals surface area contributed by atoms with Crippen LogP contribution >= 0.6 is 0 Å². The summed E-state index contributed by atoms with van der Waals surface area (Å²) in [5.41, 5.74) is 3.73. The van der Waals surface area contributed by atoms with Gasteiger partial charge in [-0.3, -0.25) is 14.7 Å². The quantitative estimate of drug-likeness (QED) is 0.438. The number of carbonyl (C=O) groups is 2. The molecular formula is C17H13F5N6O2. The van der Waals surface area contributed by atoms with Crippen molar-refractivity contribution in [2.24, 2.45) is 0 Å². The molecule has 13 heteroatoms. The van der Waals surface area contributed by atoms with Gasteiger partial charge < -0.3 is 16.0 Å². The molecule has 0 bridgehead atoms. The zero-order valence-corrected chi connectivity index (χ0v) is 15.1. The topological polar surface area (TPSA) is 117 Å². The fourth-order valence-electron chi connectivity index (χ4n) is 2.62. The van der Waals surface area contributed by atoms with Crippen molar-refractivity contribution in [2.75, 3.05) is 18.1 Å². The Bertz CT molecular complexity index is 1120. The molecular weight excluding hydrogens is 415 g/mol. The molecule has 3 rings (SSSR count). The largest absolute Gasteiger partial charge is 0.416 e. The second-order valence-electron chi connectivity index (χ2n) is 6.25. The van der Waals surface area contributed by atoms with E-state index in [1.54, 1.807) is 0 Å². The zero-order chi connectivity index (χ0) is 22.2. The predicted octanol–water partition coefficient (Wildman–Crippen LogP) is 2.43. The molecule has 3 aromatic rings. The first-order chi connectivity index (χ1) is 14.0. The highest BCUT2D eigenvalue weighted by Gasteiger charge is 2.33. The molecule has 2 aromatic heterocycles. The highest BCUT2D eigenvalue weighted by Crippen LogP contribution is 2.31. The second-order valence-corrected chi connectivity index (χ2v) is 6.25. The number of H-pyrrole nitrogens is 1. The Morgan fingerprint density at radius 1 is 1.20 bits per heavy atom. The molecule has 2 heterocycles. The lowest BCUT2D eigenvalue weighted by Gasteiger charge is -2.18. The highest BCUT2D eigenvalue weighted by molar-refractivity contribution is 6.40. The van der Waals surface area contributed by atoms with Gasteiger partial charge in [0, 0.05) is 12.6 Å². The van der Waals surface area contributed by atoms with Gasteiger partial charge in [-0.15, -0.1) is 0 Å². The summed E-state index contributed by atoms with van der Waals surface area (Å²) in [5, 5.41) is 8.99. The molecule has 4 N–H and O–H groups in total. The molecule has 0 saturated heterocycles. The van der Waals surface area contributed by atoms with Crippen LogP contribution in [-0.2, 0) is 22.3 Å². The predicted molar refractivity (Wildman–Crippen MR) is 94.8 cm³/mol. The van der Waals surface area contributed by atoms with E-state index in [0.29, 0.717) is 15.8 Å². The Hall–Kier alpha value is -3.77. The van der Waals surface area contributed by atoms with Crippen molar-refractivity contribution in [1.29, 1.82) is 0 Å². The minimum atomic E-state index is -4.94. The van der Waals surface area contributed by atoms with Crippen LogP contribution in [0.25, 0.3) is 10.9 Å². The maximum atomic E-state index is 14.0. The van der Waals surface area contributed by atoms with Gasteiger partial charge in [0.25, 0.3) is 0 Å². The number of hydrogen-bond acceptors (Lipinski definition) is 5. The van der Waals surface area contributed by atoms with E-state index in [2.05, 4.69) is 20.5 Å². The van der Waals surface area contributed by atoms with Gasteiger partial charge in [0.1, 0.15) is 17.5 Å². The number of nitrogens with two attached hydrogens (primary N) is 1. The normalized spacial score (nSPS) is 11.5. The fraction of sp³-hybridized carbons (Fsp3) is 0.176. The lowest BCUT2D eigenvalue weighted by Crippen LogP contribution is -2.37. The van der Waals surface area contributed by atoms with Crippen LogP contribution in [0.15, 0.2) is 24.5 Å². The third-order valence-corrected chi connectivity index (χ3v) is 4.17. The van der Waals surface area contributed by atoms with E-state index in [0.717, 1.165) is 7.05 Å². The molecule has 0 spiro atoms. The van der Waals surface area contributed by atoms with Crippen LogP contribution in [0.4, 0.5) is 33.5 Å². The fourth-order valence-corrected chi connectivity index (χ4v) is 2.62. The molecule has 1 aromatic carbocycles. The molecule has 0 saturated carbocycles. The molecule has 0 atom stereocenters. The summed E-state index contributed by atoms with van der Waals surface area (Å²) in [6, 6.07) is 0.234. The van der Waals surface area contributed by atoms with Crippen molar-refractivity contribution in [3.05, 3.63) is 47.3 Å². The van der Waals surface area contributed by atoms with Gasteiger partial charge in [-0.05, 0) is 12.1 Å². The Labute approximate surface area is 164 Å². The van der Waals surface area contributed by atoms with Gasteiger partial charge >= 0.3 is 18.0 Å². The molecule has 8 nitrogen and oxygen atoms in total. The van der Waals surface area contributed by atoms with Crippen LogP contribution in [0, 0.1) is 11.6 Å². The Morgan fingerprint density at radius 2 is 1.83 bits per heavy atom. The van der Waals surface area contributed by atoms with E-state index in [1.807, 2.05) is 0 Å². The summed E-state index contributed by atoms with van der Waals surface area (Å²) < 4.78 is 65.8. The lowest BCUT2D eigenvalue weighted by molar-refractivity contribution is -0.142. The number of fused-ring (bicyclic) bond motifs is 1. The number of nitrogen functional groups attached to an aromatic ring is 1. The monoisotopic (exact) mass is 428 g/mol. The van der Waals surface area contributed by atoms with Crippen molar-refractivity contribution in [3.8, 4) is 0 Å². The first kappa shape index (κ1) is 21.0. The smallest absolute Gasteiger partial charge is 0.383 e. The van der Waals surface area contributed by atoms with Crippen LogP contribution in [0.2, 0.25) is 0 Å². The van der Waals surface area contributed by atoms with E-state index in [9.17, 15) is 31.5 Å². The van der Waals surface area contributed by atoms with Gasteiger partial charge in [-0.1, -0.05) is 0 Å². The van der Waals surface area contributed by atoms with Crippen molar-refractivity contribution in [1.82, 2.24) is 20.1 Å². The minimum Gasteiger partial charge on any atom is -0.383 e. The van der Waals surface area contributed by atoms with Gasteiger partial charge in [-0.25, -0.2) is 13.8 Å². The number of rotatable bonds is 3. The van der Waals surface area contributed by atoms with E-state index in [-0.39, 0.29) is 23.6 Å². The van der Waals surface area contributed by atoms with Crippen LogP contribution < -0.4 is 11.1 Å². The highest BCUT2D eigenvalue weighted by atomic mass is 19.4. The summed E-state index contributed by atoms with van der Waals surface area (Å²) in [6.45, 7) is -0.776. The van der Waals surface area contributed by atoms with Gasteiger partial charge in [0.2, 0.25) is 0 Å². The Balaban J connectivity index is 1.76. The average molecular weight is 428 g/mol. The zero-order valence-electron chi connectivity index (χ0n) is 15.1. The number of anilines is 2. The van der Waals surface area contributed by atoms with Crippen LogP contribution in [0.3, 0.4) is 0 Å². The van der Waals surface area contributed by atoms with Gasteiger partial charge in [0.05, 0.1) is 41.1 Å². The SMILES string of the molecule is CN(Cc1c(F)cc(C(F)(F)F)cc1F)C(=O)C(=O)Nc1cnc(N)c2cn[nH]c12. The number of aromatic amines is 1. The molecule has 158 valence electrons. The number of likely N-dealkylation sites (N-methyl/N-ethyl adjacent to an activating group) is 1. The van der Waals surface area contributed by atoms with Crippen LogP contribution in [-0.4, -0.2) is 38.9 Å². The Kier molecular flexibility index (Phi) is 5.29. The van der Waals surface area contributed by atoms with Crippen molar-refractivity contribution in [2.45, 2.75) is 12.7 Å². The number of halogens is 5. The molecule has 0 unspecified atom stereocenters. The molecule has 0 fully saturated rings. The number of pyridine rings is 1. The standard InChI is InChI=1S/C17H13F5N6O2/c1-28(6-9-10(18)2-7(3-11(9)19)17(20,21)22)16(30)15(29)26-12-5-24-14(23)8-4-25-27-13(8)12/h2-5H,6H2,1H3,(H2,23,24)(H,25,27)(H,26,29). The summed E-state index contributed by atoms with van der Waals surface area (Å²) in [7, 11) is 1.06. The lowest BCUT2D eigenvalue weighted by atomic mass is 10.1. The third kappa shape index (κ3) is 3.99. The number of aromatic nitrogens is 3. The van der Waals surface area contributed by atoms with Crippen LogP contribution in [0.5, 0.6) is 0 Å². The van der Waals surface area contributed by atoms with E-state index < -0.39 is 47.3 Å². The third-order valence-electron chi connectivity index (χ3n) is 4.17. The second kappa shape index (κ2) is 7.57. The summed E-state index contributed by atoms with van der Waals surface area (Å²) in [4.78, 5) is 29.0. The number of nitrogens with zero attached hydrogens (tertiary/aromatic N) is 3. The molecule has 0 aliphatic rings. The van der Waals surface area contributed by atoms with E-state index >= 15 is 0 Å². The van der Waals surface area contributed by atoms with Crippen molar-refractivity contribution >= 4 is 34.2 Å². The number of alkyl halides is 3. The Morgan fingerprint density at radius 3 is 2.43 bits per heavy atom. The number of hydrogen-bond donors (Lipinski definition) is 3. The van der Waals surface area contributed by atoms with Crippen molar-refractivity contribution in [3.63, 3.8) is 0 Å². The number of nitrogens with one attached hydrogen (secondary N) is 2. The molecule has 0 aliphatic carbocycles. The number of benzene rings is 1. The van der Waals surface area contributed by atoms with E-state index in [1.165, 1.54) is 12.4 Å². The summed E-state index contributed by atoms with van der Waals surface area (Å²) in [6.07, 6.45) is -2.40. The molecule has 0 radical (unpaired) electrons. The summed E-state index contributed by atoms with van der Waals surface area (Å²) >= 11 is 0. The average Bonchev–Trinajstić information content (AvgIpc) is 3.16. The first-order valence-corrected chi connectivity index (χ1v) is 8.18. The molecule has 2 amide bonds. The van der Waals surface area contributed by atoms with Gasteiger partial charge in [0.15, 0.2) is 0 Å².